The van der Waals surface area contributed by atoms with Gasteiger partial charge in [-0.2, -0.15) is 13.2 Å². The minimum Gasteiger partial charge on any atom is -0.450 e. The van der Waals surface area contributed by atoms with Crippen LogP contribution in [0.1, 0.15) is 37.3 Å². The molecular formula is C16H21F3N2O3. The molecule has 0 aliphatic rings. The Labute approximate surface area is 138 Å². The summed E-state index contributed by atoms with van der Waals surface area (Å²) in [4.78, 5) is 23.2. The largest absolute Gasteiger partial charge is 0.450 e. The molecule has 1 aromatic rings. The zero-order valence-corrected chi connectivity index (χ0v) is 13.6. The molecule has 0 saturated heterocycles. The number of rotatable bonds is 7. The molecule has 2 N–H and O–H groups in total. The van der Waals surface area contributed by atoms with E-state index in [1.807, 2.05) is 0 Å². The Kier molecular flexibility index (Phi) is 7.54. The van der Waals surface area contributed by atoms with Crippen molar-refractivity contribution in [2.24, 2.45) is 0 Å². The summed E-state index contributed by atoms with van der Waals surface area (Å²) in [6.45, 7) is 3.96. The number of carbonyl (C=O) groups is 2. The SMILES string of the molecule is CCOC(=O)NCCNC(=O)C(CC)c1cccc(C(F)(F)F)c1. The van der Waals surface area contributed by atoms with Gasteiger partial charge < -0.3 is 15.4 Å². The van der Waals surface area contributed by atoms with E-state index in [4.69, 9.17) is 0 Å². The number of benzene rings is 1. The number of hydrogen-bond donors (Lipinski definition) is 2. The highest BCUT2D eigenvalue weighted by molar-refractivity contribution is 5.83. The van der Waals surface area contributed by atoms with Gasteiger partial charge in [-0.15, -0.1) is 0 Å². The third-order valence-corrected chi connectivity index (χ3v) is 3.31. The molecule has 2 amide bonds. The lowest BCUT2D eigenvalue weighted by Gasteiger charge is -2.17. The Morgan fingerprint density at radius 3 is 2.42 bits per heavy atom. The molecule has 0 saturated carbocycles. The van der Waals surface area contributed by atoms with E-state index < -0.39 is 23.8 Å². The van der Waals surface area contributed by atoms with Gasteiger partial charge in [0.1, 0.15) is 0 Å². The number of amides is 2. The summed E-state index contributed by atoms with van der Waals surface area (Å²) in [5, 5.41) is 5.04. The fraction of sp³-hybridized carbons (Fsp3) is 0.500. The van der Waals surface area contributed by atoms with Crippen LogP contribution in [-0.4, -0.2) is 31.7 Å². The maximum atomic E-state index is 12.8. The summed E-state index contributed by atoms with van der Waals surface area (Å²) >= 11 is 0. The average molecular weight is 346 g/mol. The van der Waals surface area contributed by atoms with Crippen molar-refractivity contribution in [1.29, 1.82) is 0 Å². The minimum absolute atomic E-state index is 0.160. The van der Waals surface area contributed by atoms with Crippen LogP contribution in [0.25, 0.3) is 0 Å². The van der Waals surface area contributed by atoms with Gasteiger partial charge in [0.2, 0.25) is 5.91 Å². The predicted octanol–water partition coefficient (Wildman–Crippen LogP) is 3.06. The summed E-state index contributed by atoms with van der Waals surface area (Å²) < 4.78 is 43.0. The van der Waals surface area contributed by atoms with Crippen molar-refractivity contribution in [2.45, 2.75) is 32.4 Å². The quantitative estimate of drug-likeness (QED) is 0.746. The first kappa shape index (κ1) is 19.8. The molecule has 24 heavy (non-hydrogen) atoms. The molecule has 134 valence electrons. The van der Waals surface area contributed by atoms with E-state index in [9.17, 15) is 22.8 Å². The minimum atomic E-state index is -4.45. The first-order valence-corrected chi connectivity index (χ1v) is 7.65. The van der Waals surface area contributed by atoms with Gasteiger partial charge >= 0.3 is 12.3 Å². The molecule has 0 bridgehead atoms. The first-order chi connectivity index (χ1) is 11.3. The molecule has 0 radical (unpaired) electrons. The number of ether oxygens (including phenoxy) is 1. The second-order valence-electron chi connectivity index (χ2n) is 5.02. The van der Waals surface area contributed by atoms with E-state index >= 15 is 0 Å². The Hall–Kier alpha value is -2.25. The molecule has 8 heteroatoms. The van der Waals surface area contributed by atoms with E-state index in [1.54, 1.807) is 13.8 Å². The van der Waals surface area contributed by atoms with Crippen LogP contribution in [0.3, 0.4) is 0 Å². The summed E-state index contributed by atoms with van der Waals surface area (Å²) in [5.41, 5.74) is -0.474. The highest BCUT2D eigenvalue weighted by Crippen LogP contribution is 2.31. The Bertz CT molecular complexity index is 562. The molecular weight excluding hydrogens is 325 g/mol. The number of alkyl carbamates (subject to hydrolysis) is 1. The van der Waals surface area contributed by atoms with Crippen LogP contribution in [0.15, 0.2) is 24.3 Å². The van der Waals surface area contributed by atoms with Gasteiger partial charge in [-0.3, -0.25) is 4.79 Å². The Morgan fingerprint density at radius 2 is 1.83 bits per heavy atom. The highest BCUT2D eigenvalue weighted by Gasteiger charge is 2.31. The standard InChI is InChI=1S/C16H21F3N2O3/c1-3-13(11-6-5-7-12(10-11)16(17,18)19)14(22)20-8-9-21-15(23)24-4-2/h5-7,10,13H,3-4,8-9H2,1-2H3,(H,20,22)(H,21,23). The van der Waals surface area contributed by atoms with Crippen molar-refractivity contribution in [3.63, 3.8) is 0 Å². The third kappa shape index (κ3) is 6.10. The summed E-state index contributed by atoms with van der Waals surface area (Å²) in [7, 11) is 0. The maximum Gasteiger partial charge on any atom is 0.416 e. The van der Waals surface area contributed by atoms with Crippen LogP contribution in [0, 0.1) is 0 Å². The second-order valence-corrected chi connectivity index (χ2v) is 5.02. The zero-order chi connectivity index (χ0) is 18.2. The van der Waals surface area contributed by atoms with Crippen LogP contribution in [0.4, 0.5) is 18.0 Å². The van der Waals surface area contributed by atoms with Gasteiger partial charge in [0.25, 0.3) is 0 Å². The van der Waals surface area contributed by atoms with Gasteiger partial charge in [0, 0.05) is 13.1 Å². The fourth-order valence-electron chi connectivity index (χ4n) is 2.16. The Morgan fingerprint density at radius 1 is 1.17 bits per heavy atom. The van der Waals surface area contributed by atoms with Crippen molar-refractivity contribution in [3.05, 3.63) is 35.4 Å². The number of carbonyl (C=O) groups excluding carboxylic acids is 2. The summed E-state index contributed by atoms with van der Waals surface area (Å²) in [6.07, 6.45) is -4.68. The molecule has 1 atom stereocenters. The van der Waals surface area contributed by atoms with Gasteiger partial charge in [0.05, 0.1) is 18.1 Å². The number of hydrogen-bond acceptors (Lipinski definition) is 3. The van der Waals surface area contributed by atoms with Crippen LogP contribution < -0.4 is 10.6 Å². The molecule has 5 nitrogen and oxygen atoms in total. The topological polar surface area (TPSA) is 67.4 Å². The van der Waals surface area contributed by atoms with Crippen molar-refractivity contribution in [3.8, 4) is 0 Å². The molecule has 1 unspecified atom stereocenters. The summed E-state index contributed by atoms with van der Waals surface area (Å²) in [5.74, 6) is -1.07. The molecule has 0 heterocycles. The third-order valence-electron chi connectivity index (χ3n) is 3.31. The second kappa shape index (κ2) is 9.14. The number of halogens is 3. The molecule has 0 aliphatic heterocycles. The predicted molar refractivity (Wildman–Crippen MR) is 82.5 cm³/mol. The smallest absolute Gasteiger partial charge is 0.416 e. The van der Waals surface area contributed by atoms with E-state index in [2.05, 4.69) is 15.4 Å². The van der Waals surface area contributed by atoms with Crippen LogP contribution in [-0.2, 0) is 15.7 Å². The van der Waals surface area contributed by atoms with Gasteiger partial charge in [-0.05, 0) is 25.0 Å². The lowest BCUT2D eigenvalue weighted by molar-refractivity contribution is -0.137. The molecule has 1 aromatic carbocycles. The molecule has 1 rings (SSSR count). The van der Waals surface area contributed by atoms with Crippen molar-refractivity contribution in [2.75, 3.05) is 19.7 Å². The molecule has 0 aromatic heterocycles. The summed E-state index contributed by atoms with van der Waals surface area (Å²) in [6, 6.07) is 4.75. The van der Waals surface area contributed by atoms with Gasteiger partial charge in [0.15, 0.2) is 0 Å². The molecule has 0 spiro atoms. The van der Waals surface area contributed by atoms with Crippen LogP contribution in [0.2, 0.25) is 0 Å². The number of alkyl halides is 3. The maximum absolute atomic E-state index is 12.8. The van der Waals surface area contributed by atoms with Gasteiger partial charge in [-0.1, -0.05) is 25.1 Å². The monoisotopic (exact) mass is 346 g/mol. The highest BCUT2D eigenvalue weighted by atomic mass is 19.4. The van der Waals surface area contributed by atoms with E-state index in [1.165, 1.54) is 12.1 Å². The Balaban J connectivity index is 2.63. The average Bonchev–Trinajstić information content (AvgIpc) is 2.52. The zero-order valence-electron chi connectivity index (χ0n) is 13.6. The van der Waals surface area contributed by atoms with E-state index in [0.717, 1.165) is 12.1 Å². The molecule has 0 fully saturated rings. The lowest BCUT2D eigenvalue weighted by Crippen LogP contribution is -2.37. The lowest BCUT2D eigenvalue weighted by atomic mass is 9.94. The van der Waals surface area contributed by atoms with Crippen LogP contribution >= 0.6 is 0 Å². The number of nitrogens with one attached hydrogen (secondary N) is 2. The van der Waals surface area contributed by atoms with Crippen molar-refractivity contribution in [1.82, 2.24) is 10.6 Å². The van der Waals surface area contributed by atoms with Crippen LogP contribution in [0.5, 0.6) is 0 Å². The van der Waals surface area contributed by atoms with Gasteiger partial charge in [-0.25, -0.2) is 4.79 Å². The normalized spacial score (nSPS) is 12.4. The fourth-order valence-corrected chi connectivity index (χ4v) is 2.16. The van der Waals surface area contributed by atoms with E-state index in [0.29, 0.717) is 12.0 Å². The molecule has 0 aliphatic carbocycles. The van der Waals surface area contributed by atoms with Crippen molar-refractivity contribution < 1.29 is 27.5 Å². The first-order valence-electron chi connectivity index (χ1n) is 7.65. The van der Waals surface area contributed by atoms with Crippen molar-refractivity contribution >= 4 is 12.0 Å². The van der Waals surface area contributed by atoms with E-state index in [-0.39, 0.29) is 25.6 Å².